The zero-order valence-electron chi connectivity index (χ0n) is 12.5. The number of hydrogen-bond donors (Lipinski definition) is 2. The molecule has 0 aliphatic rings. The normalized spacial score (nSPS) is 10.4. The van der Waals surface area contributed by atoms with Gasteiger partial charge in [0.2, 0.25) is 5.95 Å². The van der Waals surface area contributed by atoms with Gasteiger partial charge in [-0.05, 0) is 38.5 Å². The predicted octanol–water partition coefficient (Wildman–Crippen LogP) is 2.96. The van der Waals surface area contributed by atoms with E-state index in [9.17, 15) is 4.79 Å². The van der Waals surface area contributed by atoms with Crippen molar-refractivity contribution in [3.8, 4) is 11.3 Å². The summed E-state index contributed by atoms with van der Waals surface area (Å²) in [5.41, 5.74) is 5.09. The predicted molar refractivity (Wildman–Crippen MR) is 82.4 cm³/mol. The number of hydrogen-bond acceptors (Lipinski definition) is 4. The van der Waals surface area contributed by atoms with E-state index in [0.717, 1.165) is 22.5 Å². The molecule has 0 saturated carbocycles. The fraction of sp³-hybridized carbons (Fsp3) is 0.312. The molecule has 5 nitrogen and oxygen atoms in total. The molecule has 0 amide bonds. The van der Waals surface area contributed by atoms with Crippen molar-refractivity contribution < 1.29 is 9.90 Å². The molecule has 0 saturated heterocycles. The number of carboxylic acids is 1. The van der Waals surface area contributed by atoms with Crippen LogP contribution >= 0.6 is 0 Å². The first-order valence-corrected chi connectivity index (χ1v) is 6.84. The van der Waals surface area contributed by atoms with E-state index in [1.54, 1.807) is 0 Å². The van der Waals surface area contributed by atoms with Gasteiger partial charge in [-0.15, -0.1) is 0 Å². The number of aromatic nitrogens is 2. The highest BCUT2D eigenvalue weighted by Gasteiger charge is 2.08. The van der Waals surface area contributed by atoms with Crippen LogP contribution in [0.2, 0.25) is 0 Å². The second-order valence-electron chi connectivity index (χ2n) is 5.11. The van der Waals surface area contributed by atoms with Gasteiger partial charge < -0.3 is 10.4 Å². The molecule has 1 heterocycles. The Balaban J connectivity index is 2.30. The van der Waals surface area contributed by atoms with E-state index in [1.165, 1.54) is 5.56 Å². The average molecular weight is 285 g/mol. The monoisotopic (exact) mass is 285 g/mol. The molecule has 21 heavy (non-hydrogen) atoms. The first kappa shape index (κ1) is 15.0. The molecule has 0 spiro atoms. The molecule has 0 aliphatic carbocycles. The second kappa shape index (κ2) is 6.35. The second-order valence-corrected chi connectivity index (χ2v) is 5.11. The number of nitrogens with one attached hydrogen (secondary N) is 1. The number of nitrogens with zero attached hydrogens (tertiary/aromatic N) is 2. The Hall–Kier alpha value is -2.43. The van der Waals surface area contributed by atoms with Crippen molar-refractivity contribution in [2.45, 2.75) is 27.2 Å². The molecule has 0 radical (unpaired) electrons. The number of aryl methyl sites for hydroxylation is 3. The van der Waals surface area contributed by atoms with Gasteiger partial charge in [-0.2, -0.15) is 0 Å². The summed E-state index contributed by atoms with van der Waals surface area (Å²) < 4.78 is 0. The van der Waals surface area contributed by atoms with Crippen LogP contribution in [0.1, 0.15) is 23.2 Å². The minimum Gasteiger partial charge on any atom is -0.481 e. The molecule has 0 aliphatic heterocycles. The number of carboxylic acid groups (broad SMARTS) is 1. The highest BCUT2D eigenvalue weighted by atomic mass is 16.4. The first-order valence-electron chi connectivity index (χ1n) is 6.84. The molecule has 0 bridgehead atoms. The van der Waals surface area contributed by atoms with Crippen molar-refractivity contribution in [1.82, 2.24) is 9.97 Å². The van der Waals surface area contributed by atoms with Gasteiger partial charge in [0.1, 0.15) is 0 Å². The van der Waals surface area contributed by atoms with E-state index in [-0.39, 0.29) is 6.42 Å². The topological polar surface area (TPSA) is 75.1 Å². The Labute approximate surface area is 124 Å². The van der Waals surface area contributed by atoms with Gasteiger partial charge in [-0.1, -0.05) is 17.7 Å². The lowest BCUT2D eigenvalue weighted by molar-refractivity contribution is -0.136. The van der Waals surface area contributed by atoms with E-state index < -0.39 is 5.97 Å². The van der Waals surface area contributed by atoms with Crippen molar-refractivity contribution in [3.05, 3.63) is 41.1 Å². The van der Waals surface area contributed by atoms with Crippen LogP contribution in [-0.4, -0.2) is 27.6 Å². The van der Waals surface area contributed by atoms with E-state index in [4.69, 9.17) is 5.11 Å². The molecule has 5 heteroatoms. The summed E-state index contributed by atoms with van der Waals surface area (Å²) in [6.45, 7) is 6.30. The van der Waals surface area contributed by atoms with Crippen molar-refractivity contribution >= 4 is 11.9 Å². The third kappa shape index (κ3) is 4.02. The largest absolute Gasteiger partial charge is 0.481 e. The Morgan fingerprint density at radius 2 is 1.95 bits per heavy atom. The van der Waals surface area contributed by atoms with E-state index in [1.807, 2.05) is 26.8 Å². The Bertz CT molecular complexity index is 669. The van der Waals surface area contributed by atoms with Crippen LogP contribution in [0.15, 0.2) is 24.3 Å². The number of rotatable bonds is 5. The summed E-state index contributed by atoms with van der Waals surface area (Å²) in [5.74, 6) is -0.378. The molecule has 0 atom stereocenters. The number of aliphatic carboxylic acids is 1. The standard InChI is InChI=1S/C16H19N3O2/c1-10-4-5-11(2)13(8-10)14-9-12(3)18-16(19-14)17-7-6-15(20)21/h4-5,8-9H,6-7H2,1-3H3,(H,20,21)(H,17,18,19). The lowest BCUT2D eigenvalue weighted by Gasteiger charge is -2.10. The number of benzene rings is 1. The molecule has 1 aromatic carbocycles. The van der Waals surface area contributed by atoms with Gasteiger partial charge in [0.25, 0.3) is 0 Å². The van der Waals surface area contributed by atoms with Crippen molar-refractivity contribution in [2.24, 2.45) is 0 Å². The van der Waals surface area contributed by atoms with Gasteiger partial charge in [-0.3, -0.25) is 4.79 Å². The molecule has 0 fully saturated rings. The lowest BCUT2D eigenvalue weighted by Crippen LogP contribution is -2.10. The van der Waals surface area contributed by atoms with E-state index in [2.05, 4.69) is 33.5 Å². The summed E-state index contributed by atoms with van der Waals surface area (Å²) in [6, 6.07) is 8.17. The minimum absolute atomic E-state index is 0.0378. The highest BCUT2D eigenvalue weighted by Crippen LogP contribution is 2.24. The third-order valence-corrected chi connectivity index (χ3v) is 3.15. The zero-order valence-corrected chi connectivity index (χ0v) is 12.5. The summed E-state index contributed by atoms with van der Waals surface area (Å²) in [5, 5.41) is 11.6. The maximum atomic E-state index is 10.5. The zero-order chi connectivity index (χ0) is 15.4. The smallest absolute Gasteiger partial charge is 0.305 e. The van der Waals surface area contributed by atoms with Crippen molar-refractivity contribution in [3.63, 3.8) is 0 Å². The summed E-state index contributed by atoms with van der Waals surface area (Å²) >= 11 is 0. The van der Waals surface area contributed by atoms with E-state index in [0.29, 0.717) is 12.5 Å². The molecule has 110 valence electrons. The van der Waals surface area contributed by atoms with Crippen LogP contribution in [0.3, 0.4) is 0 Å². The molecular weight excluding hydrogens is 266 g/mol. The summed E-state index contributed by atoms with van der Waals surface area (Å²) in [7, 11) is 0. The molecular formula is C16H19N3O2. The first-order chi connectivity index (χ1) is 9.95. The SMILES string of the molecule is Cc1ccc(C)c(-c2cc(C)nc(NCCC(=O)O)n2)c1. The van der Waals surface area contributed by atoms with E-state index >= 15 is 0 Å². The van der Waals surface area contributed by atoms with Crippen LogP contribution in [-0.2, 0) is 4.79 Å². The maximum absolute atomic E-state index is 10.5. The average Bonchev–Trinajstić information content (AvgIpc) is 2.40. The molecule has 2 rings (SSSR count). The number of anilines is 1. The van der Waals surface area contributed by atoms with Crippen LogP contribution < -0.4 is 5.32 Å². The quantitative estimate of drug-likeness (QED) is 0.883. The molecule has 2 aromatic rings. The lowest BCUT2D eigenvalue weighted by atomic mass is 10.0. The fourth-order valence-electron chi connectivity index (χ4n) is 2.08. The van der Waals surface area contributed by atoms with Gasteiger partial charge >= 0.3 is 5.97 Å². The molecule has 1 aromatic heterocycles. The van der Waals surface area contributed by atoms with Gasteiger partial charge in [0.15, 0.2) is 0 Å². The summed E-state index contributed by atoms with van der Waals surface area (Å²) in [4.78, 5) is 19.3. The van der Waals surface area contributed by atoms with Crippen molar-refractivity contribution in [1.29, 1.82) is 0 Å². The molecule has 2 N–H and O–H groups in total. The maximum Gasteiger partial charge on any atom is 0.305 e. The van der Waals surface area contributed by atoms with Gasteiger partial charge in [0.05, 0.1) is 12.1 Å². The Morgan fingerprint density at radius 1 is 1.19 bits per heavy atom. The van der Waals surface area contributed by atoms with Gasteiger partial charge in [0, 0.05) is 17.8 Å². The third-order valence-electron chi connectivity index (χ3n) is 3.15. The van der Waals surface area contributed by atoms with Crippen molar-refractivity contribution in [2.75, 3.05) is 11.9 Å². The van der Waals surface area contributed by atoms with Crippen LogP contribution in [0.5, 0.6) is 0 Å². The van der Waals surface area contributed by atoms with Gasteiger partial charge in [-0.25, -0.2) is 9.97 Å². The molecule has 0 unspecified atom stereocenters. The van der Waals surface area contributed by atoms with Crippen LogP contribution in [0.4, 0.5) is 5.95 Å². The summed E-state index contributed by atoms with van der Waals surface area (Å²) in [6.07, 6.45) is 0.0378. The minimum atomic E-state index is -0.843. The van der Waals surface area contributed by atoms with Crippen LogP contribution in [0, 0.1) is 20.8 Å². The number of carbonyl (C=O) groups is 1. The van der Waals surface area contributed by atoms with Crippen LogP contribution in [0.25, 0.3) is 11.3 Å². The Kier molecular flexibility index (Phi) is 4.52. The fourth-order valence-corrected chi connectivity index (χ4v) is 2.08. The Morgan fingerprint density at radius 3 is 2.67 bits per heavy atom. The highest BCUT2D eigenvalue weighted by molar-refractivity contribution is 5.68.